The molecule has 0 spiro atoms. The number of nitrogens with one attached hydrogen (secondary N) is 2. The average molecular weight is 421 g/mol. The number of ether oxygens (including phenoxy) is 1. The lowest BCUT2D eigenvalue weighted by molar-refractivity contribution is 0.0536. The molecule has 3 aromatic rings. The number of nitrogens with zero attached hydrogens (tertiary/aromatic N) is 3. The molecule has 0 fully saturated rings. The highest BCUT2D eigenvalue weighted by Gasteiger charge is 2.22. The number of anilines is 1. The molecule has 1 aliphatic rings. The maximum absolute atomic E-state index is 12.8. The van der Waals surface area contributed by atoms with Gasteiger partial charge in [-0.25, -0.2) is 14.6 Å². The lowest BCUT2D eigenvalue weighted by atomic mass is 10.1. The van der Waals surface area contributed by atoms with Gasteiger partial charge in [0.25, 0.3) is 5.91 Å². The summed E-state index contributed by atoms with van der Waals surface area (Å²) in [4.78, 5) is 21.4. The Bertz CT molecular complexity index is 1110. The standard InChI is InChI=1S/C22H23N5O4/c1-14-4-2-7-20(24-14)25-22(30)19-11-23-21-9-8-18(26-27(19)21)15-5-3-6-17(10-15)31-13-16(29)12-28/h2-11,16,18,26,28-29H,12-13H2,1H3,(H,24,25,30)/t16-,18?/m1/s1. The Morgan fingerprint density at radius 3 is 2.97 bits per heavy atom. The molecule has 4 rings (SSSR count). The number of fused-ring (bicyclic) bond motifs is 1. The minimum Gasteiger partial charge on any atom is -0.491 e. The third-order valence-electron chi connectivity index (χ3n) is 4.73. The number of aromatic nitrogens is 3. The normalized spacial score (nSPS) is 15.6. The van der Waals surface area contributed by atoms with Crippen molar-refractivity contribution in [1.29, 1.82) is 0 Å². The number of benzene rings is 1. The van der Waals surface area contributed by atoms with Crippen molar-refractivity contribution in [2.24, 2.45) is 0 Å². The molecule has 4 N–H and O–H groups in total. The van der Waals surface area contributed by atoms with Gasteiger partial charge in [0.05, 0.1) is 18.8 Å². The van der Waals surface area contributed by atoms with Gasteiger partial charge in [0.15, 0.2) is 5.82 Å². The molecule has 1 aromatic carbocycles. The Labute approximate surface area is 179 Å². The molecule has 0 radical (unpaired) electrons. The van der Waals surface area contributed by atoms with E-state index < -0.39 is 6.10 Å². The molecule has 160 valence electrons. The van der Waals surface area contributed by atoms with Crippen molar-refractivity contribution in [3.05, 3.63) is 77.5 Å². The lowest BCUT2D eigenvalue weighted by Crippen LogP contribution is -2.29. The Hall–Kier alpha value is -3.69. The molecule has 2 aromatic heterocycles. The number of hydrogen-bond acceptors (Lipinski definition) is 7. The van der Waals surface area contributed by atoms with Gasteiger partial charge in [0, 0.05) is 5.69 Å². The summed E-state index contributed by atoms with van der Waals surface area (Å²) in [6.07, 6.45) is 4.35. The van der Waals surface area contributed by atoms with E-state index in [9.17, 15) is 9.90 Å². The molecule has 0 saturated carbocycles. The number of amides is 1. The highest BCUT2D eigenvalue weighted by molar-refractivity contribution is 6.02. The van der Waals surface area contributed by atoms with Gasteiger partial charge in [-0.05, 0) is 42.8 Å². The summed E-state index contributed by atoms with van der Waals surface area (Å²) in [6, 6.07) is 12.6. The Morgan fingerprint density at radius 1 is 1.32 bits per heavy atom. The van der Waals surface area contributed by atoms with E-state index in [4.69, 9.17) is 9.84 Å². The first-order valence-electron chi connectivity index (χ1n) is 9.82. The van der Waals surface area contributed by atoms with Crippen molar-refractivity contribution in [2.45, 2.75) is 19.1 Å². The summed E-state index contributed by atoms with van der Waals surface area (Å²) in [5.41, 5.74) is 5.35. The van der Waals surface area contributed by atoms with Crippen LogP contribution in [-0.4, -0.2) is 50.1 Å². The SMILES string of the molecule is Cc1cccc(NC(=O)c2cnc3n2NC(c2cccc(OC[C@H](O)CO)c2)C=C3)n1. The van der Waals surface area contributed by atoms with E-state index in [-0.39, 0.29) is 25.2 Å². The minimum atomic E-state index is -0.936. The number of aliphatic hydroxyl groups is 2. The zero-order valence-corrected chi connectivity index (χ0v) is 16.9. The van der Waals surface area contributed by atoms with Gasteiger partial charge in [-0.2, -0.15) is 0 Å². The van der Waals surface area contributed by atoms with Gasteiger partial charge in [0.1, 0.15) is 30.0 Å². The third kappa shape index (κ3) is 4.73. The highest BCUT2D eigenvalue weighted by atomic mass is 16.5. The fourth-order valence-corrected chi connectivity index (χ4v) is 3.17. The second-order valence-electron chi connectivity index (χ2n) is 7.14. The molecule has 9 nitrogen and oxygen atoms in total. The van der Waals surface area contributed by atoms with Crippen molar-refractivity contribution in [3.8, 4) is 5.75 Å². The maximum atomic E-state index is 12.8. The van der Waals surface area contributed by atoms with E-state index in [0.717, 1.165) is 11.3 Å². The molecule has 3 heterocycles. The van der Waals surface area contributed by atoms with E-state index in [1.165, 1.54) is 6.20 Å². The predicted molar refractivity (Wildman–Crippen MR) is 115 cm³/mol. The fraction of sp³-hybridized carbons (Fsp3) is 0.227. The zero-order chi connectivity index (χ0) is 21.8. The van der Waals surface area contributed by atoms with E-state index in [1.54, 1.807) is 16.8 Å². The number of carbonyl (C=O) groups excluding carboxylic acids is 1. The van der Waals surface area contributed by atoms with Crippen LogP contribution < -0.4 is 15.5 Å². The van der Waals surface area contributed by atoms with E-state index in [0.29, 0.717) is 23.1 Å². The molecule has 0 saturated heterocycles. The molecule has 1 amide bonds. The average Bonchev–Trinajstić information content (AvgIpc) is 3.21. The zero-order valence-electron chi connectivity index (χ0n) is 16.9. The van der Waals surface area contributed by atoms with Crippen molar-refractivity contribution in [3.63, 3.8) is 0 Å². The predicted octanol–water partition coefficient (Wildman–Crippen LogP) is 1.88. The number of aryl methyl sites for hydroxylation is 1. The molecular weight excluding hydrogens is 398 g/mol. The minimum absolute atomic E-state index is 0.00310. The number of hydrogen-bond donors (Lipinski definition) is 4. The number of rotatable bonds is 7. The van der Waals surface area contributed by atoms with Crippen LogP contribution in [0.2, 0.25) is 0 Å². The second kappa shape index (κ2) is 8.99. The second-order valence-corrected chi connectivity index (χ2v) is 7.14. The van der Waals surface area contributed by atoms with Crippen LogP contribution in [0.25, 0.3) is 6.08 Å². The van der Waals surface area contributed by atoms with Crippen molar-refractivity contribution < 1.29 is 19.7 Å². The first-order chi connectivity index (χ1) is 15.0. The molecule has 9 heteroatoms. The maximum Gasteiger partial charge on any atom is 0.277 e. The molecule has 0 bridgehead atoms. The first kappa shape index (κ1) is 20.6. The molecule has 1 aliphatic heterocycles. The van der Waals surface area contributed by atoms with Crippen LogP contribution in [0.3, 0.4) is 0 Å². The number of imidazole rings is 1. The van der Waals surface area contributed by atoms with Crippen molar-refractivity contribution in [2.75, 3.05) is 24.0 Å². The largest absolute Gasteiger partial charge is 0.491 e. The van der Waals surface area contributed by atoms with Crippen LogP contribution in [0.15, 0.2) is 54.7 Å². The van der Waals surface area contributed by atoms with Crippen LogP contribution in [0.5, 0.6) is 5.75 Å². The Balaban J connectivity index is 1.50. The molecule has 1 unspecified atom stereocenters. The lowest BCUT2D eigenvalue weighted by Gasteiger charge is -2.24. The van der Waals surface area contributed by atoms with Crippen molar-refractivity contribution >= 4 is 17.8 Å². The highest BCUT2D eigenvalue weighted by Crippen LogP contribution is 2.26. The van der Waals surface area contributed by atoms with Crippen LogP contribution in [0.1, 0.15) is 33.6 Å². The molecular formula is C22H23N5O4. The van der Waals surface area contributed by atoms with E-state index in [2.05, 4.69) is 20.7 Å². The van der Waals surface area contributed by atoms with Gasteiger partial charge in [-0.1, -0.05) is 24.3 Å². The van der Waals surface area contributed by atoms with E-state index in [1.807, 2.05) is 49.4 Å². The Morgan fingerprint density at radius 2 is 2.16 bits per heavy atom. The van der Waals surface area contributed by atoms with Gasteiger partial charge >= 0.3 is 0 Å². The van der Waals surface area contributed by atoms with Crippen LogP contribution in [-0.2, 0) is 0 Å². The Kier molecular flexibility index (Phi) is 5.96. The van der Waals surface area contributed by atoms with Gasteiger partial charge in [0.2, 0.25) is 0 Å². The van der Waals surface area contributed by atoms with Crippen LogP contribution in [0, 0.1) is 6.92 Å². The molecule has 0 aliphatic carbocycles. The summed E-state index contributed by atoms with van der Waals surface area (Å²) < 4.78 is 7.17. The fourth-order valence-electron chi connectivity index (χ4n) is 3.17. The number of carbonyl (C=O) groups is 1. The number of aliphatic hydroxyl groups excluding tert-OH is 2. The van der Waals surface area contributed by atoms with Gasteiger partial charge in [-0.3, -0.25) is 4.79 Å². The summed E-state index contributed by atoms with van der Waals surface area (Å²) in [5.74, 6) is 1.32. The van der Waals surface area contributed by atoms with Gasteiger partial charge < -0.3 is 25.7 Å². The quantitative estimate of drug-likeness (QED) is 0.460. The first-order valence-corrected chi connectivity index (χ1v) is 9.82. The monoisotopic (exact) mass is 421 g/mol. The van der Waals surface area contributed by atoms with Crippen LogP contribution in [0.4, 0.5) is 5.82 Å². The summed E-state index contributed by atoms with van der Waals surface area (Å²) in [7, 11) is 0. The van der Waals surface area contributed by atoms with Crippen molar-refractivity contribution in [1.82, 2.24) is 14.6 Å². The van der Waals surface area contributed by atoms with Crippen LogP contribution >= 0.6 is 0 Å². The van der Waals surface area contributed by atoms with E-state index >= 15 is 0 Å². The molecule has 31 heavy (non-hydrogen) atoms. The van der Waals surface area contributed by atoms with Gasteiger partial charge in [-0.15, -0.1) is 0 Å². The summed E-state index contributed by atoms with van der Waals surface area (Å²) in [6.45, 7) is 1.49. The topological polar surface area (TPSA) is 122 Å². The third-order valence-corrected chi connectivity index (χ3v) is 4.73. The summed E-state index contributed by atoms with van der Waals surface area (Å²) in [5, 5.41) is 21.2. The number of pyridine rings is 1. The smallest absolute Gasteiger partial charge is 0.277 e. The molecule has 2 atom stereocenters. The summed E-state index contributed by atoms with van der Waals surface area (Å²) >= 11 is 0.